The third-order valence-corrected chi connectivity index (χ3v) is 5.78. The fourth-order valence-corrected chi connectivity index (χ4v) is 4.38. The maximum atomic E-state index is 12.7. The molecule has 0 radical (unpaired) electrons. The van der Waals surface area contributed by atoms with Gasteiger partial charge in [-0.1, -0.05) is 42.5 Å². The van der Waals surface area contributed by atoms with E-state index in [0.717, 1.165) is 34.3 Å². The zero-order chi connectivity index (χ0) is 20.7. The predicted octanol–water partition coefficient (Wildman–Crippen LogP) is 4.88. The quantitative estimate of drug-likeness (QED) is 0.515. The summed E-state index contributed by atoms with van der Waals surface area (Å²) in [7, 11) is 1.53. The summed E-state index contributed by atoms with van der Waals surface area (Å²) < 4.78 is 7.42. The number of phenols is 1. The van der Waals surface area contributed by atoms with Crippen LogP contribution in [0.25, 0.3) is 10.9 Å². The molecule has 2 N–H and O–H groups in total. The van der Waals surface area contributed by atoms with Crippen molar-refractivity contribution in [1.29, 1.82) is 0 Å². The van der Waals surface area contributed by atoms with Crippen molar-refractivity contribution in [3.05, 3.63) is 89.6 Å². The van der Waals surface area contributed by atoms with Gasteiger partial charge in [-0.25, -0.2) is 0 Å². The van der Waals surface area contributed by atoms with Gasteiger partial charge in [0.2, 0.25) is 5.91 Å². The highest BCUT2D eigenvalue weighted by Gasteiger charge is 2.28. The van der Waals surface area contributed by atoms with Gasteiger partial charge in [-0.05, 0) is 41.0 Å². The van der Waals surface area contributed by atoms with Gasteiger partial charge in [0, 0.05) is 30.5 Å². The lowest BCUT2D eigenvalue weighted by molar-refractivity contribution is -0.116. The highest BCUT2D eigenvalue weighted by Crippen LogP contribution is 2.42. The van der Waals surface area contributed by atoms with Crippen LogP contribution in [0.1, 0.15) is 29.0 Å². The number of anilines is 1. The number of rotatable bonds is 4. The van der Waals surface area contributed by atoms with Crippen LogP contribution in [0.5, 0.6) is 11.5 Å². The van der Waals surface area contributed by atoms with Crippen LogP contribution in [0, 0.1) is 0 Å². The molecule has 150 valence electrons. The summed E-state index contributed by atoms with van der Waals surface area (Å²) in [5, 5.41) is 14.4. The van der Waals surface area contributed by atoms with Crippen molar-refractivity contribution in [2.45, 2.75) is 18.9 Å². The van der Waals surface area contributed by atoms with Crippen molar-refractivity contribution in [2.75, 3.05) is 12.4 Å². The van der Waals surface area contributed by atoms with Crippen LogP contribution in [-0.4, -0.2) is 22.7 Å². The molecule has 3 aromatic carbocycles. The fraction of sp³-hybridized carbons (Fsp3) is 0.160. The number of nitrogens with one attached hydrogen (secondary N) is 1. The summed E-state index contributed by atoms with van der Waals surface area (Å²) >= 11 is 0. The molecule has 1 aromatic heterocycles. The minimum Gasteiger partial charge on any atom is -0.504 e. The van der Waals surface area contributed by atoms with Crippen LogP contribution < -0.4 is 10.1 Å². The first-order valence-corrected chi connectivity index (χ1v) is 9.96. The molecule has 5 rings (SSSR count). The highest BCUT2D eigenvalue weighted by molar-refractivity contribution is 6.06. The maximum absolute atomic E-state index is 12.7. The van der Waals surface area contributed by atoms with Crippen LogP contribution in [0.15, 0.2) is 72.9 Å². The van der Waals surface area contributed by atoms with E-state index in [2.05, 4.69) is 34.3 Å². The summed E-state index contributed by atoms with van der Waals surface area (Å²) in [5.41, 5.74) is 5.10. The number of nitrogens with zero attached hydrogens (tertiary/aromatic N) is 1. The van der Waals surface area contributed by atoms with Gasteiger partial charge >= 0.3 is 0 Å². The van der Waals surface area contributed by atoms with E-state index in [9.17, 15) is 9.90 Å². The Labute approximate surface area is 174 Å². The van der Waals surface area contributed by atoms with Crippen molar-refractivity contribution >= 4 is 22.5 Å². The largest absolute Gasteiger partial charge is 0.504 e. The van der Waals surface area contributed by atoms with E-state index in [-0.39, 0.29) is 17.6 Å². The third-order valence-electron chi connectivity index (χ3n) is 5.78. The van der Waals surface area contributed by atoms with Gasteiger partial charge in [0.05, 0.1) is 18.3 Å². The Hall–Kier alpha value is -3.73. The van der Waals surface area contributed by atoms with Crippen molar-refractivity contribution < 1.29 is 14.6 Å². The molecule has 4 aromatic rings. The zero-order valence-electron chi connectivity index (χ0n) is 16.6. The Balaban J connectivity index is 1.68. The average Bonchev–Trinajstić information content (AvgIpc) is 3.04. The Morgan fingerprint density at radius 1 is 1.10 bits per heavy atom. The van der Waals surface area contributed by atoms with Gasteiger partial charge in [0.1, 0.15) is 0 Å². The fourth-order valence-electron chi connectivity index (χ4n) is 4.38. The van der Waals surface area contributed by atoms with Crippen LogP contribution in [0.4, 0.5) is 5.69 Å². The number of ether oxygens (including phenoxy) is 1. The van der Waals surface area contributed by atoms with E-state index in [0.29, 0.717) is 12.2 Å². The van der Waals surface area contributed by atoms with Crippen LogP contribution in [0.2, 0.25) is 0 Å². The number of phenolic OH excluding ortho intramolecular Hbond substituents is 1. The van der Waals surface area contributed by atoms with Crippen molar-refractivity contribution in [2.24, 2.45) is 0 Å². The van der Waals surface area contributed by atoms with Crippen LogP contribution in [-0.2, 0) is 11.3 Å². The Morgan fingerprint density at radius 3 is 2.70 bits per heavy atom. The number of amides is 1. The average molecular weight is 398 g/mol. The number of hydrogen-bond donors (Lipinski definition) is 2. The minimum atomic E-state index is -0.162. The van der Waals surface area contributed by atoms with Crippen molar-refractivity contribution in [3.8, 4) is 11.5 Å². The molecule has 0 spiro atoms. The Morgan fingerprint density at radius 2 is 1.93 bits per heavy atom. The molecule has 1 aliphatic rings. The standard InChI is InChI=1S/C25H22N2O3/c1-30-23-11-10-17(12-22(23)28)18-13-24(29)26-20-8-5-9-21-25(20)19(18)15-27(21)14-16-6-3-2-4-7-16/h2-12,15,18,28H,13-14H2,1H3,(H,26,29)/t18-/m1/s1. The van der Waals surface area contributed by atoms with E-state index < -0.39 is 0 Å². The second-order valence-corrected chi connectivity index (χ2v) is 7.63. The van der Waals surface area contributed by atoms with Gasteiger partial charge in [-0.15, -0.1) is 0 Å². The highest BCUT2D eigenvalue weighted by atomic mass is 16.5. The molecule has 0 aliphatic carbocycles. The first kappa shape index (κ1) is 18.3. The first-order valence-electron chi connectivity index (χ1n) is 9.96. The molecule has 2 heterocycles. The van der Waals surface area contributed by atoms with Gasteiger partial charge in [-0.2, -0.15) is 0 Å². The second-order valence-electron chi connectivity index (χ2n) is 7.63. The molecular weight excluding hydrogens is 376 g/mol. The number of carbonyl (C=O) groups is 1. The minimum absolute atomic E-state index is 0.0337. The normalized spacial score (nSPS) is 15.6. The van der Waals surface area contributed by atoms with E-state index in [1.54, 1.807) is 12.1 Å². The monoisotopic (exact) mass is 398 g/mol. The Kier molecular flexibility index (Phi) is 4.43. The second kappa shape index (κ2) is 7.26. The van der Waals surface area contributed by atoms with E-state index in [1.165, 1.54) is 12.7 Å². The summed E-state index contributed by atoms with van der Waals surface area (Å²) in [6, 6.07) is 21.7. The molecule has 0 unspecified atom stereocenters. The number of aromatic hydroxyl groups is 1. The maximum Gasteiger partial charge on any atom is 0.225 e. The molecule has 1 aliphatic heterocycles. The van der Waals surface area contributed by atoms with Gasteiger partial charge in [0.25, 0.3) is 0 Å². The number of hydrogen-bond acceptors (Lipinski definition) is 3. The lowest BCUT2D eigenvalue weighted by Crippen LogP contribution is -2.14. The van der Waals surface area contributed by atoms with Crippen LogP contribution >= 0.6 is 0 Å². The van der Waals surface area contributed by atoms with Gasteiger partial charge in [-0.3, -0.25) is 4.79 Å². The van der Waals surface area contributed by atoms with Crippen LogP contribution in [0.3, 0.4) is 0 Å². The topological polar surface area (TPSA) is 63.5 Å². The number of benzene rings is 3. The predicted molar refractivity (Wildman–Crippen MR) is 117 cm³/mol. The summed E-state index contributed by atoms with van der Waals surface area (Å²) in [5.74, 6) is 0.301. The first-order chi connectivity index (χ1) is 14.6. The molecule has 0 saturated heterocycles. The third kappa shape index (κ3) is 3.08. The summed E-state index contributed by atoms with van der Waals surface area (Å²) in [4.78, 5) is 12.7. The summed E-state index contributed by atoms with van der Waals surface area (Å²) in [6.45, 7) is 0.745. The number of carbonyl (C=O) groups excluding carboxylic acids is 1. The summed E-state index contributed by atoms with van der Waals surface area (Å²) in [6.07, 6.45) is 2.46. The van der Waals surface area contributed by atoms with Crippen molar-refractivity contribution in [1.82, 2.24) is 4.57 Å². The molecule has 0 bridgehead atoms. The van der Waals surface area contributed by atoms with Crippen molar-refractivity contribution in [3.63, 3.8) is 0 Å². The Bertz CT molecular complexity index is 1240. The molecule has 5 heteroatoms. The molecular formula is C25H22N2O3. The van der Waals surface area contributed by atoms with Gasteiger partial charge in [0.15, 0.2) is 11.5 Å². The number of methoxy groups -OCH3 is 1. The SMILES string of the molecule is COc1ccc([C@H]2CC(=O)Nc3cccc4c3c2cn4Cc2ccccc2)cc1O. The van der Waals surface area contributed by atoms with E-state index in [4.69, 9.17) is 4.74 Å². The molecule has 1 atom stereocenters. The molecule has 30 heavy (non-hydrogen) atoms. The smallest absolute Gasteiger partial charge is 0.225 e. The molecule has 1 amide bonds. The lowest BCUT2D eigenvalue weighted by Gasteiger charge is -2.16. The number of aromatic nitrogens is 1. The zero-order valence-corrected chi connectivity index (χ0v) is 16.6. The molecule has 0 fully saturated rings. The molecule has 0 saturated carbocycles. The lowest BCUT2D eigenvalue weighted by atomic mass is 9.88. The van der Waals surface area contributed by atoms with E-state index in [1.807, 2.05) is 36.4 Å². The van der Waals surface area contributed by atoms with Gasteiger partial charge < -0.3 is 19.7 Å². The van der Waals surface area contributed by atoms with E-state index >= 15 is 0 Å². The molecule has 5 nitrogen and oxygen atoms in total.